The average molecular weight is 362 g/mol. The molecule has 0 aliphatic heterocycles. The highest BCUT2D eigenvalue weighted by Gasteiger charge is 2.09. The Kier molecular flexibility index (Phi) is 5.41. The van der Waals surface area contributed by atoms with Crippen molar-refractivity contribution in [1.29, 1.82) is 0 Å². The van der Waals surface area contributed by atoms with E-state index in [0.29, 0.717) is 11.1 Å². The highest BCUT2D eigenvalue weighted by atomic mass is 16.2. The lowest BCUT2D eigenvalue weighted by molar-refractivity contribution is -0.120. The van der Waals surface area contributed by atoms with Crippen molar-refractivity contribution < 1.29 is 9.59 Å². The van der Waals surface area contributed by atoms with E-state index < -0.39 is 5.91 Å². The normalized spacial score (nSPS) is 10.9. The van der Waals surface area contributed by atoms with E-state index in [2.05, 4.69) is 20.8 Å². The summed E-state index contributed by atoms with van der Waals surface area (Å²) in [7, 11) is 0. The van der Waals surface area contributed by atoms with Crippen LogP contribution in [0.4, 0.5) is 0 Å². The Morgan fingerprint density at radius 2 is 1.85 bits per heavy atom. The van der Waals surface area contributed by atoms with E-state index in [1.165, 1.54) is 6.21 Å². The van der Waals surface area contributed by atoms with Gasteiger partial charge >= 0.3 is 0 Å². The third kappa shape index (κ3) is 4.46. The molecule has 0 aliphatic rings. The molecule has 0 bridgehead atoms. The number of carbonyl (C=O) groups is 2. The lowest BCUT2D eigenvalue weighted by Gasteiger charge is -2.06. The standard InChI is InChI=1S/C20H18N4O3/c1-13-6-2-4-8-16(13)20(27)21-12-18(25)24-22-11-15-10-14-7-3-5-9-17(14)23-19(15)26/h2-11H,12H2,1H3,(H,21,27)(H,23,26)(H,24,25)/b22-11-. The smallest absolute Gasteiger partial charge is 0.259 e. The van der Waals surface area contributed by atoms with Gasteiger partial charge < -0.3 is 10.3 Å². The molecule has 0 aliphatic carbocycles. The number of aromatic nitrogens is 1. The fourth-order valence-electron chi connectivity index (χ4n) is 2.56. The number of fused-ring (bicyclic) bond motifs is 1. The van der Waals surface area contributed by atoms with E-state index >= 15 is 0 Å². The summed E-state index contributed by atoms with van der Waals surface area (Å²) in [6.45, 7) is 1.60. The number of rotatable bonds is 5. The van der Waals surface area contributed by atoms with E-state index in [0.717, 1.165) is 16.5 Å². The number of hydrogen-bond acceptors (Lipinski definition) is 4. The molecule has 3 rings (SSSR count). The molecule has 2 aromatic carbocycles. The van der Waals surface area contributed by atoms with Crippen molar-refractivity contribution >= 4 is 28.9 Å². The highest BCUT2D eigenvalue weighted by molar-refractivity contribution is 5.97. The van der Waals surface area contributed by atoms with Crippen LogP contribution in [-0.4, -0.2) is 29.6 Å². The average Bonchev–Trinajstić information content (AvgIpc) is 2.67. The van der Waals surface area contributed by atoms with Crippen LogP contribution < -0.4 is 16.3 Å². The number of aromatic amines is 1. The minimum atomic E-state index is -0.495. The quantitative estimate of drug-likeness (QED) is 0.475. The Balaban J connectivity index is 1.58. The summed E-state index contributed by atoms with van der Waals surface area (Å²) in [6, 6.07) is 16.1. The molecule has 0 saturated carbocycles. The van der Waals surface area contributed by atoms with Crippen molar-refractivity contribution in [2.45, 2.75) is 6.92 Å². The first kappa shape index (κ1) is 18.1. The Morgan fingerprint density at radius 3 is 2.67 bits per heavy atom. The molecular weight excluding hydrogens is 344 g/mol. The first-order valence-electron chi connectivity index (χ1n) is 8.32. The lowest BCUT2D eigenvalue weighted by Crippen LogP contribution is -2.35. The SMILES string of the molecule is Cc1ccccc1C(=O)NCC(=O)N/N=C\c1cc2ccccc2[nH]c1=O. The summed E-state index contributed by atoms with van der Waals surface area (Å²) in [4.78, 5) is 38.6. The predicted octanol–water partition coefficient (Wildman–Crippen LogP) is 1.72. The van der Waals surface area contributed by atoms with Gasteiger partial charge in [0.2, 0.25) is 0 Å². The minimum absolute atomic E-state index is 0.224. The molecule has 0 spiro atoms. The number of carbonyl (C=O) groups excluding carboxylic acids is 2. The number of para-hydroxylation sites is 1. The number of H-pyrrole nitrogens is 1. The van der Waals surface area contributed by atoms with Crippen molar-refractivity contribution in [2.75, 3.05) is 6.54 Å². The van der Waals surface area contributed by atoms with Gasteiger partial charge in [0.25, 0.3) is 17.4 Å². The molecule has 3 aromatic rings. The van der Waals surface area contributed by atoms with E-state index in [-0.39, 0.29) is 18.0 Å². The second-order valence-electron chi connectivity index (χ2n) is 5.93. The molecule has 0 saturated heterocycles. The molecule has 3 N–H and O–H groups in total. The molecule has 0 fully saturated rings. The van der Waals surface area contributed by atoms with E-state index in [9.17, 15) is 14.4 Å². The lowest BCUT2D eigenvalue weighted by atomic mass is 10.1. The van der Waals surface area contributed by atoms with Crippen LogP contribution in [0.3, 0.4) is 0 Å². The topological polar surface area (TPSA) is 103 Å². The summed E-state index contributed by atoms with van der Waals surface area (Å²) in [5.74, 6) is -0.830. The van der Waals surface area contributed by atoms with Gasteiger partial charge in [-0.1, -0.05) is 36.4 Å². The zero-order valence-electron chi connectivity index (χ0n) is 14.7. The number of benzene rings is 2. The Bertz CT molecular complexity index is 1090. The second kappa shape index (κ2) is 8.09. The number of amides is 2. The van der Waals surface area contributed by atoms with E-state index in [1.54, 1.807) is 24.3 Å². The van der Waals surface area contributed by atoms with Crippen molar-refractivity contribution in [3.05, 3.63) is 81.6 Å². The fourth-order valence-corrected chi connectivity index (χ4v) is 2.56. The minimum Gasteiger partial charge on any atom is -0.343 e. The fraction of sp³-hybridized carbons (Fsp3) is 0.100. The van der Waals surface area contributed by atoms with Gasteiger partial charge in [0.05, 0.1) is 18.3 Å². The summed E-state index contributed by atoms with van der Waals surface area (Å²) in [5, 5.41) is 7.17. The third-order valence-corrected chi connectivity index (χ3v) is 3.97. The van der Waals surface area contributed by atoms with Gasteiger partial charge in [-0.05, 0) is 36.1 Å². The first-order chi connectivity index (χ1) is 13.0. The van der Waals surface area contributed by atoms with E-state index in [1.807, 2.05) is 37.3 Å². The van der Waals surface area contributed by atoms with Crippen LogP contribution in [-0.2, 0) is 4.79 Å². The molecule has 1 aromatic heterocycles. The monoisotopic (exact) mass is 362 g/mol. The van der Waals surface area contributed by atoms with Crippen molar-refractivity contribution in [2.24, 2.45) is 5.10 Å². The number of aryl methyl sites for hydroxylation is 1. The van der Waals surface area contributed by atoms with Gasteiger partial charge in [0, 0.05) is 11.1 Å². The molecule has 7 nitrogen and oxygen atoms in total. The zero-order chi connectivity index (χ0) is 19.2. The van der Waals surface area contributed by atoms with Gasteiger partial charge in [-0.25, -0.2) is 5.43 Å². The molecule has 1 heterocycles. The molecule has 7 heteroatoms. The van der Waals surface area contributed by atoms with Crippen LogP contribution in [0.15, 0.2) is 64.5 Å². The number of hydrazone groups is 1. The van der Waals surface area contributed by atoms with Crippen molar-refractivity contribution in [1.82, 2.24) is 15.7 Å². The highest BCUT2D eigenvalue weighted by Crippen LogP contribution is 2.09. The van der Waals surface area contributed by atoms with Crippen LogP contribution in [0.2, 0.25) is 0 Å². The van der Waals surface area contributed by atoms with Gasteiger partial charge in [0.1, 0.15) is 0 Å². The Morgan fingerprint density at radius 1 is 1.11 bits per heavy atom. The summed E-state index contributed by atoms with van der Waals surface area (Å²) in [6.07, 6.45) is 1.27. The summed E-state index contributed by atoms with van der Waals surface area (Å²) >= 11 is 0. The van der Waals surface area contributed by atoms with Crippen LogP contribution >= 0.6 is 0 Å². The number of pyridine rings is 1. The number of nitrogens with zero attached hydrogens (tertiary/aromatic N) is 1. The molecule has 136 valence electrons. The van der Waals surface area contributed by atoms with Crippen molar-refractivity contribution in [3.63, 3.8) is 0 Å². The summed E-state index contributed by atoms with van der Waals surface area (Å²) in [5.41, 5.74) is 4.36. The predicted molar refractivity (Wildman–Crippen MR) is 104 cm³/mol. The number of hydrogen-bond donors (Lipinski definition) is 3. The first-order valence-corrected chi connectivity index (χ1v) is 8.32. The molecule has 0 unspecified atom stereocenters. The van der Waals surface area contributed by atoms with Crippen LogP contribution in [0.25, 0.3) is 10.9 Å². The molecule has 27 heavy (non-hydrogen) atoms. The molecular formula is C20H18N4O3. The maximum atomic E-state index is 12.1. The molecule has 0 atom stereocenters. The van der Waals surface area contributed by atoms with Crippen LogP contribution in [0.1, 0.15) is 21.5 Å². The Hall–Kier alpha value is -3.74. The molecule has 2 amide bonds. The van der Waals surface area contributed by atoms with Gasteiger partial charge in [-0.3, -0.25) is 14.4 Å². The second-order valence-corrected chi connectivity index (χ2v) is 5.93. The van der Waals surface area contributed by atoms with Gasteiger partial charge in [-0.2, -0.15) is 5.10 Å². The maximum absolute atomic E-state index is 12.1. The van der Waals surface area contributed by atoms with Crippen LogP contribution in [0, 0.1) is 6.92 Å². The zero-order valence-corrected chi connectivity index (χ0v) is 14.7. The number of nitrogens with one attached hydrogen (secondary N) is 3. The Labute approximate surface area is 155 Å². The third-order valence-electron chi connectivity index (χ3n) is 3.97. The largest absolute Gasteiger partial charge is 0.343 e. The van der Waals surface area contributed by atoms with Crippen LogP contribution in [0.5, 0.6) is 0 Å². The maximum Gasteiger partial charge on any atom is 0.259 e. The van der Waals surface area contributed by atoms with Crippen molar-refractivity contribution in [3.8, 4) is 0 Å². The van der Waals surface area contributed by atoms with Gasteiger partial charge in [0.15, 0.2) is 0 Å². The van der Waals surface area contributed by atoms with Gasteiger partial charge in [-0.15, -0.1) is 0 Å². The summed E-state index contributed by atoms with van der Waals surface area (Å²) < 4.78 is 0. The van der Waals surface area contributed by atoms with E-state index in [4.69, 9.17) is 0 Å². The molecule has 0 radical (unpaired) electrons.